The van der Waals surface area contributed by atoms with Gasteiger partial charge in [-0.15, -0.1) is 0 Å². The number of Topliss-reactive ketones (excluding diaryl/α,β-unsaturated/α-hetero) is 2. The van der Waals surface area contributed by atoms with E-state index < -0.39 is 11.7 Å². The first kappa shape index (κ1) is 8.61. The summed E-state index contributed by atoms with van der Waals surface area (Å²) in [6, 6.07) is 4.18. The van der Waals surface area contributed by atoms with Gasteiger partial charge in [-0.3, -0.25) is 9.59 Å². The van der Waals surface area contributed by atoms with Crippen molar-refractivity contribution in [1.29, 1.82) is 0 Å². The van der Waals surface area contributed by atoms with Crippen molar-refractivity contribution in [3.05, 3.63) is 29.3 Å². The second-order valence-corrected chi connectivity index (χ2v) is 4.03. The fourth-order valence-corrected chi connectivity index (χ4v) is 2.03. The quantitative estimate of drug-likeness (QED) is 0.638. The number of ketones is 2. The maximum Gasteiger partial charge on any atom is 0.198 e. The molecule has 0 saturated carbocycles. The summed E-state index contributed by atoms with van der Waals surface area (Å²) in [5, 5.41) is 9.25. The van der Waals surface area contributed by atoms with E-state index in [0.29, 0.717) is 5.56 Å². The molecule has 1 saturated heterocycles. The largest absolute Gasteiger partial charge is 0.508 e. The number of phenols is 1. The van der Waals surface area contributed by atoms with Crippen LogP contribution in [0.4, 0.5) is 0 Å². The third kappa shape index (κ3) is 0.894. The molecule has 4 heteroatoms. The topological polar surface area (TPSA) is 66.9 Å². The van der Waals surface area contributed by atoms with Crippen LogP contribution in [0.25, 0.3) is 0 Å². The number of rotatable bonds is 0. The molecule has 1 aromatic rings. The second-order valence-electron chi connectivity index (χ2n) is 4.03. The van der Waals surface area contributed by atoms with Gasteiger partial charge in [0.1, 0.15) is 5.75 Å². The van der Waals surface area contributed by atoms with Gasteiger partial charge in [-0.25, -0.2) is 0 Å². The Balaban J connectivity index is 2.25. The van der Waals surface area contributed by atoms with Crippen LogP contribution in [0.1, 0.15) is 27.6 Å². The molecule has 0 amide bonds. The van der Waals surface area contributed by atoms with Crippen LogP contribution in [-0.2, 0) is 4.74 Å². The zero-order chi connectivity index (χ0) is 10.8. The molecule has 1 N–H and O–H groups in total. The standard InChI is InChI=1S/C11H8O4/c1-11-9(14)6-3-2-5(12)4-7(6)8(13)10(11)15-11/h2-4,10,12H,1H3. The number of epoxide rings is 1. The Hall–Kier alpha value is -1.68. The lowest BCUT2D eigenvalue weighted by molar-refractivity contribution is 0.0874. The van der Waals surface area contributed by atoms with Gasteiger partial charge in [-0.2, -0.15) is 0 Å². The smallest absolute Gasteiger partial charge is 0.198 e. The van der Waals surface area contributed by atoms with Crippen LogP contribution in [0.3, 0.4) is 0 Å². The van der Waals surface area contributed by atoms with Crippen LogP contribution in [-0.4, -0.2) is 28.4 Å². The number of hydrogen-bond acceptors (Lipinski definition) is 4. The summed E-state index contributed by atoms with van der Waals surface area (Å²) in [6.07, 6.45) is -0.653. The van der Waals surface area contributed by atoms with Crippen LogP contribution >= 0.6 is 0 Å². The molecule has 1 fully saturated rings. The van der Waals surface area contributed by atoms with E-state index in [0.717, 1.165) is 0 Å². The van der Waals surface area contributed by atoms with E-state index >= 15 is 0 Å². The Morgan fingerprint density at radius 3 is 2.80 bits per heavy atom. The average molecular weight is 204 g/mol. The molecule has 0 spiro atoms. The van der Waals surface area contributed by atoms with E-state index in [-0.39, 0.29) is 22.9 Å². The van der Waals surface area contributed by atoms with Crippen LogP contribution in [0.2, 0.25) is 0 Å². The molecule has 0 aromatic heterocycles. The van der Waals surface area contributed by atoms with Gasteiger partial charge in [0.15, 0.2) is 23.3 Å². The van der Waals surface area contributed by atoms with E-state index in [1.54, 1.807) is 6.92 Å². The van der Waals surface area contributed by atoms with Gasteiger partial charge >= 0.3 is 0 Å². The Kier molecular flexibility index (Phi) is 1.31. The first-order valence-corrected chi connectivity index (χ1v) is 4.64. The Labute approximate surface area is 85.5 Å². The predicted molar refractivity (Wildman–Crippen MR) is 50.0 cm³/mol. The Morgan fingerprint density at radius 2 is 2.07 bits per heavy atom. The van der Waals surface area contributed by atoms with Crippen LogP contribution in [0.5, 0.6) is 5.75 Å². The normalized spacial score (nSPS) is 32.2. The van der Waals surface area contributed by atoms with Gasteiger partial charge in [0.05, 0.1) is 0 Å². The molecule has 3 rings (SSSR count). The SMILES string of the molecule is CC12OC1C(=O)c1cc(O)ccc1C2=O. The molecular weight excluding hydrogens is 196 g/mol. The molecule has 15 heavy (non-hydrogen) atoms. The first-order valence-electron chi connectivity index (χ1n) is 4.64. The van der Waals surface area contributed by atoms with Crippen LogP contribution < -0.4 is 0 Å². The van der Waals surface area contributed by atoms with Gasteiger partial charge in [0.25, 0.3) is 0 Å². The van der Waals surface area contributed by atoms with Gasteiger partial charge in [0, 0.05) is 11.1 Å². The first-order chi connectivity index (χ1) is 7.04. The summed E-state index contributed by atoms with van der Waals surface area (Å²) in [5.74, 6) is -0.413. The van der Waals surface area contributed by atoms with Crippen LogP contribution in [0, 0.1) is 0 Å². The monoisotopic (exact) mass is 204 g/mol. The highest BCUT2D eigenvalue weighted by atomic mass is 16.6. The zero-order valence-electron chi connectivity index (χ0n) is 7.98. The maximum atomic E-state index is 11.9. The van der Waals surface area contributed by atoms with Crippen molar-refractivity contribution < 1.29 is 19.4 Å². The summed E-state index contributed by atoms with van der Waals surface area (Å²) in [5.41, 5.74) is -0.352. The van der Waals surface area contributed by atoms with E-state index in [4.69, 9.17) is 4.74 Å². The molecule has 1 aliphatic heterocycles. The summed E-state index contributed by atoms with van der Waals surface area (Å²) in [6.45, 7) is 1.62. The van der Waals surface area contributed by atoms with E-state index in [1.807, 2.05) is 0 Å². The average Bonchev–Trinajstić information content (AvgIpc) is 2.89. The summed E-state index contributed by atoms with van der Waals surface area (Å²) in [4.78, 5) is 23.7. The van der Waals surface area contributed by atoms with Crippen molar-refractivity contribution in [2.75, 3.05) is 0 Å². The molecule has 2 unspecified atom stereocenters. The Bertz CT molecular complexity index is 505. The number of carbonyl (C=O) groups is 2. The van der Waals surface area contributed by atoms with Gasteiger partial charge in [0.2, 0.25) is 0 Å². The van der Waals surface area contributed by atoms with Gasteiger partial charge < -0.3 is 9.84 Å². The molecule has 1 aromatic carbocycles. The number of carbonyl (C=O) groups excluding carboxylic acids is 2. The molecule has 2 aliphatic rings. The van der Waals surface area contributed by atoms with Crippen molar-refractivity contribution in [3.63, 3.8) is 0 Å². The summed E-state index contributed by atoms with van der Waals surface area (Å²) < 4.78 is 5.13. The molecule has 2 atom stereocenters. The predicted octanol–water partition coefficient (Wildman–Crippen LogP) is 0.929. The number of ether oxygens (including phenoxy) is 1. The van der Waals surface area contributed by atoms with Gasteiger partial charge in [-0.05, 0) is 25.1 Å². The number of fused-ring (bicyclic) bond motifs is 2. The molecule has 1 heterocycles. The zero-order valence-corrected chi connectivity index (χ0v) is 7.98. The minimum atomic E-state index is -0.957. The lowest BCUT2D eigenvalue weighted by Crippen LogP contribution is -2.34. The van der Waals surface area contributed by atoms with Crippen LogP contribution in [0.15, 0.2) is 18.2 Å². The lowest BCUT2D eigenvalue weighted by Gasteiger charge is -2.14. The summed E-state index contributed by atoms with van der Waals surface area (Å²) >= 11 is 0. The minimum Gasteiger partial charge on any atom is -0.508 e. The summed E-state index contributed by atoms with van der Waals surface area (Å²) in [7, 11) is 0. The number of benzene rings is 1. The molecule has 1 aliphatic carbocycles. The molecule has 76 valence electrons. The van der Waals surface area contributed by atoms with Crippen molar-refractivity contribution >= 4 is 11.6 Å². The molecule has 4 nitrogen and oxygen atoms in total. The number of aromatic hydroxyl groups is 1. The second kappa shape index (κ2) is 2.28. The lowest BCUT2D eigenvalue weighted by atomic mass is 9.83. The molecule has 0 bridgehead atoms. The minimum absolute atomic E-state index is 0.0147. The number of hydrogen-bond donors (Lipinski definition) is 1. The Morgan fingerprint density at radius 1 is 1.33 bits per heavy atom. The maximum absolute atomic E-state index is 11.9. The highest BCUT2D eigenvalue weighted by Crippen LogP contribution is 2.46. The molecular formula is C11H8O4. The fourth-order valence-electron chi connectivity index (χ4n) is 2.03. The van der Waals surface area contributed by atoms with E-state index in [1.165, 1.54) is 18.2 Å². The van der Waals surface area contributed by atoms with E-state index in [9.17, 15) is 14.7 Å². The third-order valence-corrected chi connectivity index (χ3v) is 3.01. The van der Waals surface area contributed by atoms with Crippen molar-refractivity contribution in [3.8, 4) is 5.75 Å². The van der Waals surface area contributed by atoms with Gasteiger partial charge in [-0.1, -0.05) is 0 Å². The highest BCUT2D eigenvalue weighted by molar-refractivity contribution is 6.22. The van der Waals surface area contributed by atoms with E-state index in [2.05, 4.69) is 0 Å². The van der Waals surface area contributed by atoms with Crippen molar-refractivity contribution in [2.45, 2.75) is 18.6 Å². The highest BCUT2D eigenvalue weighted by Gasteiger charge is 2.65. The van der Waals surface area contributed by atoms with Crippen molar-refractivity contribution in [2.24, 2.45) is 0 Å². The number of phenolic OH excluding ortho intramolecular Hbond substituents is 1. The van der Waals surface area contributed by atoms with Crippen molar-refractivity contribution in [1.82, 2.24) is 0 Å². The molecule has 0 radical (unpaired) electrons. The fraction of sp³-hybridized carbons (Fsp3) is 0.273. The third-order valence-electron chi connectivity index (χ3n) is 3.01.